The molecule has 0 unspecified atom stereocenters. The molecule has 1 fully saturated rings. The van der Waals surface area contributed by atoms with Crippen molar-refractivity contribution in [3.8, 4) is 0 Å². The Labute approximate surface area is 142 Å². The summed E-state index contributed by atoms with van der Waals surface area (Å²) in [6.45, 7) is 6.89. The molecule has 0 aliphatic carbocycles. The van der Waals surface area contributed by atoms with Gasteiger partial charge >= 0.3 is 12.1 Å². The lowest BCUT2D eigenvalue weighted by Gasteiger charge is -2.44. The van der Waals surface area contributed by atoms with Crippen LogP contribution in [0.5, 0.6) is 0 Å². The maximum absolute atomic E-state index is 11.8. The molecule has 0 saturated carbocycles. The summed E-state index contributed by atoms with van der Waals surface area (Å²) >= 11 is 0. The number of rotatable bonds is 3. The molecule has 6 nitrogen and oxygen atoms in total. The number of nitrogens with zero attached hydrogens (tertiary/aromatic N) is 2. The van der Waals surface area contributed by atoms with Crippen molar-refractivity contribution in [3.05, 3.63) is 35.4 Å². The second kappa shape index (κ2) is 7.38. The molecule has 6 heteroatoms. The second-order valence-corrected chi connectivity index (χ2v) is 6.05. The smallest absolute Gasteiger partial charge is 0.407 e. The first-order chi connectivity index (χ1) is 11.4. The summed E-state index contributed by atoms with van der Waals surface area (Å²) in [5, 5.41) is 9.29. The first-order valence-electron chi connectivity index (χ1n) is 8.00. The maximum Gasteiger partial charge on any atom is 0.407 e. The van der Waals surface area contributed by atoms with Gasteiger partial charge in [0.05, 0.1) is 12.7 Å². The Morgan fingerprint density at radius 2 is 1.96 bits per heavy atom. The Balaban J connectivity index is 2.37. The van der Waals surface area contributed by atoms with E-state index in [-0.39, 0.29) is 18.1 Å². The van der Waals surface area contributed by atoms with E-state index in [0.29, 0.717) is 18.7 Å². The zero-order valence-corrected chi connectivity index (χ0v) is 14.5. The number of hydrogen-bond acceptors (Lipinski definition) is 4. The van der Waals surface area contributed by atoms with Gasteiger partial charge in [-0.2, -0.15) is 0 Å². The van der Waals surface area contributed by atoms with Crippen LogP contribution in [0.3, 0.4) is 0 Å². The van der Waals surface area contributed by atoms with E-state index in [0.717, 1.165) is 11.3 Å². The molecule has 0 aromatic heterocycles. The van der Waals surface area contributed by atoms with Gasteiger partial charge in [0, 0.05) is 30.9 Å². The summed E-state index contributed by atoms with van der Waals surface area (Å²) in [6, 6.07) is 5.40. The molecule has 1 aliphatic rings. The largest absolute Gasteiger partial charge is 0.465 e. The van der Waals surface area contributed by atoms with Crippen LogP contribution in [0.2, 0.25) is 0 Å². The van der Waals surface area contributed by atoms with E-state index >= 15 is 0 Å². The van der Waals surface area contributed by atoms with Crippen molar-refractivity contribution in [3.63, 3.8) is 0 Å². The highest BCUT2D eigenvalue weighted by Gasteiger charge is 2.32. The minimum Gasteiger partial charge on any atom is -0.465 e. The van der Waals surface area contributed by atoms with Crippen LogP contribution in [0.1, 0.15) is 36.7 Å². The molecular formula is C18H24N2O4. The predicted molar refractivity (Wildman–Crippen MR) is 93.5 cm³/mol. The Kier molecular flexibility index (Phi) is 5.49. The van der Waals surface area contributed by atoms with Crippen LogP contribution in [0.25, 0.3) is 6.08 Å². The van der Waals surface area contributed by atoms with Crippen molar-refractivity contribution in [1.82, 2.24) is 4.90 Å². The van der Waals surface area contributed by atoms with Crippen LogP contribution in [-0.4, -0.2) is 54.4 Å². The van der Waals surface area contributed by atoms with Crippen LogP contribution < -0.4 is 4.90 Å². The highest BCUT2D eigenvalue weighted by atomic mass is 16.5. The number of amides is 1. The Morgan fingerprint density at radius 3 is 2.54 bits per heavy atom. The third-order valence-electron chi connectivity index (χ3n) is 4.34. The quantitative estimate of drug-likeness (QED) is 0.861. The molecule has 2 rings (SSSR count). The van der Waals surface area contributed by atoms with Crippen LogP contribution in [0.4, 0.5) is 10.5 Å². The van der Waals surface area contributed by atoms with Crippen molar-refractivity contribution in [2.75, 3.05) is 25.1 Å². The molecule has 0 bridgehead atoms. The zero-order valence-electron chi connectivity index (χ0n) is 14.5. The van der Waals surface area contributed by atoms with Crippen LogP contribution >= 0.6 is 0 Å². The van der Waals surface area contributed by atoms with Gasteiger partial charge in [-0.3, -0.25) is 0 Å². The summed E-state index contributed by atoms with van der Waals surface area (Å²) in [7, 11) is 1.36. The summed E-state index contributed by atoms with van der Waals surface area (Å²) < 4.78 is 4.78. The number of ether oxygens (including phenoxy) is 1. The lowest BCUT2D eigenvalue weighted by atomic mass is 10.0. The average molecular weight is 332 g/mol. The normalized spacial score (nSPS) is 21.2. The molecular weight excluding hydrogens is 308 g/mol. The zero-order chi connectivity index (χ0) is 17.9. The molecule has 1 heterocycles. The monoisotopic (exact) mass is 332 g/mol. The summed E-state index contributed by atoms with van der Waals surface area (Å²) in [5.74, 6) is -0.371. The summed E-state index contributed by atoms with van der Waals surface area (Å²) in [6.07, 6.45) is 2.98. The third-order valence-corrected chi connectivity index (χ3v) is 4.34. The van der Waals surface area contributed by atoms with E-state index in [2.05, 4.69) is 4.90 Å². The summed E-state index contributed by atoms with van der Waals surface area (Å²) in [4.78, 5) is 26.7. The van der Waals surface area contributed by atoms with Gasteiger partial charge in [0.15, 0.2) is 0 Å². The van der Waals surface area contributed by atoms with Crippen LogP contribution in [-0.2, 0) is 4.74 Å². The minimum atomic E-state index is -0.885. The van der Waals surface area contributed by atoms with E-state index in [1.807, 2.05) is 45.1 Å². The highest BCUT2D eigenvalue weighted by molar-refractivity contribution is 5.91. The fraction of sp³-hybridized carbons (Fsp3) is 0.444. The van der Waals surface area contributed by atoms with E-state index in [4.69, 9.17) is 4.74 Å². The summed E-state index contributed by atoms with van der Waals surface area (Å²) in [5.41, 5.74) is 2.41. The van der Waals surface area contributed by atoms with E-state index in [1.54, 1.807) is 6.07 Å². The molecule has 1 aromatic rings. The molecule has 1 aliphatic heterocycles. The van der Waals surface area contributed by atoms with Gasteiger partial charge in [-0.05, 0) is 44.5 Å². The van der Waals surface area contributed by atoms with Crippen molar-refractivity contribution in [2.45, 2.75) is 32.9 Å². The fourth-order valence-electron chi connectivity index (χ4n) is 3.10. The lowest BCUT2D eigenvalue weighted by molar-refractivity contribution is 0.0600. The number of carbonyl (C=O) groups is 2. The number of methoxy groups -OCH3 is 1. The van der Waals surface area contributed by atoms with Crippen molar-refractivity contribution < 1.29 is 19.4 Å². The average Bonchev–Trinajstić information content (AvgIpc) is 2.56. The van der Waals surface area contributed by atoms with E-state index in [1.165, 1.54) is 12.0 Å². The van der Waals surface area contributed by atoms with Crippen molar-refractivity contribution in [2.24, 2.45) is 0 Å². The van der Waals surface area contributed by atoms with Gasteiger partial charge in [0.1, 0.15) is 0 Å². The molecule has 1 N–H and O–H groups in total. The molecule has 1 saturated heterocycles. The molecule has 2 atom stereocenters. The number of esters is 1. The molecule has 1 amide bonds. The van der Waals surface area contributed by atoms with Gasteiger partial charge in [0.2, 0.25) is 0 Å². The lowest BCUT2D eigenvalue weighted by Crippen LogP contribution is -2.58. The van der Waals surface area contributed by atoms with Gasteiger partial charge in [-0.15, -0.1) is 0 Å². The van der Waals surface area contributed by atoms with Gasteiger partial charge in [-0.25, -0.2) is 9.59 Å². The number of anilines is 1. The fourth-order valence-corrected chi connectivity index (χ4v) is 3.10. The van der Waals surface area contributed by atoms with Crippen molar-refractivity contribution in [1.29, 1.82) is 0 Å². The molecule has 130 valence electrons. The highest BCUT2D eigenvalue weighted by Crippen LogP contribution is 2.29. The predicted octanol–water partition coefficient (Wildman–Crippen LogP) is 3.08. The van der Waals surface area contributed by atoms with E-state index in [9.17, 15) is 14.7 Å². The maximum atomic E-state index is 11.8. The standard InChI is InChI=1S/C18H24N2O4/c1-5-6-14-9-15(17(21)24-4)7-8-16(14)19-10-13(3)20(18(22)23)11-12(19)2/h5-9,12-13H,10-11H2,1-4H3,(H,22,23)/b6-5-/t12-,13+/m0/s1. The first-order valence-corrected chi connectivity index (χ1v) is 8.00. The molecule has 0 radical (unpaired) electrons. The SMILES string of the molecule is C/C=C\c1cc(C(=O)OC)ccc1N1C[C@@H](C)N(C(=O)O)C[C@@H]1C. The first kappa shape index (κ1) is 17.8. The van der Waals surface area contributed by atoms with Gasteiger partial charge < -0.3 is 19.6 Å². The van der Waals surface area contributed by atoms with E-state index < -0.39 is 6.09 Å². The Bertz CT molecular complexity index is 656. The molecule has 0 spiro atoms. The molecule has 1 aromatic carbocycles. The Hall–Kier alpha value is -2.50. The van der Waals surface area contributed by atoms with Crippen molar-refractivity contribution >= 4 is 23.8 Å². The van der Waals surface area contributed by atoms with Gasteiger partial charge in [-0.1, -0.05) is 12.2 Å². The number of hydrogen-bond donors (Lipinski definition) is 1. The topological polar surface area (TPSA) is 70.1 Å². The number of benzene rings is 1. The Morgan fingerprint density at radius 1 is 1.25 bits per heavy atom. The molecule has 24 heavy (non-hydrogen) atoms. The van der Waals surface area contributed by atoms with Gasteiger partial charge in [0.25, 0.3) is 0 Å². The number of carboxylic acid groups (broad SMARTS) is 1. The van der Waals surface area contributed by atoms with Crippen LogP contribution in [0.15, 0.2) is 24.3 Å². The number of piperazine rings is 1. The number of allylic oxidation sites excluding steroid dienone is 1. The third kappa shape index (κ3) is 3.53. The second-order valence-electron chi connectivity index (χ2n) is 6.05. The van der Waals surface area contributed by atoms with Crippen LogP contribution in [0, 0.1) is 0 Å². The minimum absolute atomic E-state index is 0.0466. The number of carbonyl (C=O) groups excluding carboxylic acids is 1.